The first-order valence-corrected chi connectivity index (χ1v) is 9.76. The van der Waals surface area contributed by atoms with Crippen molar-refractivity contribution in [3.8, 4) is 5.75 Å². The molecule has 2 rings (SSSR count). The number of halogens is 5. The number of unbranched alkanes of at least 4 members (excludes halogenated alkanes) is 4. The van der Waals surface area contributed by atoms with Crippen LogP contribution in [0.1, 0.15) is 44.6 Å². The Labute approximate surface area is 169 Å². The monoisotopic (exact) mass is 428 g/mol. The first kappa shape index (κ1) is 33.8. The van der Waals surface area contributed by atoms with E-state index in [1.54, 1.807) is 0 Å². The lowest BCUT2D eigenvalue weighted by Gasteiger charge is -2.07. The molecule has 0 bridgehead atoms. The molecule has 1 nitrogen and oxygen atoms in total. The Balaban J connectivity index is -0.000000576. The second-order valence-corrected chi connectivity index (χ2v) is 6.99. The Kier molecular flexibility index (Phi) is 26.0. The Morgan fingerprint density at radius 3 is 1.93 bits per heavy atom. The van der Waals surface area contributed by atoms with Crippen molar-refractivity contribution in [2.24, 2.45) is 0 Å². The lowest BCUT2D eigenvalue weighted by atomic mass is 10.1. The van der Waals surface area contributed by atoms with Crippen molar-refractivity contribution in [1.82, 2.24) is 0 Å². The summed E-state index contributed by atoms with van der Waals surface area (Å²) in [5.74, 6) is 2.11. The Hall–Kier alpha value is -1.76. The second kappa shape index (κ2) is 21.5. The van der Waals surface area contributed by atoms with E-state index in [0.29, 0.717) is 0 Å². The topological polar surface area (TPSA) is 9.23 Å². The zero-order chi connectivity index (χ0) is 16.2. The first-order valence-electron chi connectivity index (χ1n) is 8.78. The molecule has 2 aromatic carbocycles. The van der Waals surface area contributed by atoms with Gasteiger partial charge in [0.1, 0.15) is 5.75 Å². The normalized spacial score (nSPS) is 8.75. The Bertz CT molecular complexity index is 540. The zero-order valence-electron chi connectivity index (χ0n) is 16.2. The minimum absolute atomic E-state index is 0. The highest BCUT2D eigenvalue weighted by Crippen LogP contribution is 2.19. The molecule has 7 heteroatoms. The Morgan fingerprint density at radius 1 is 0.714 bits per heavy atom. The fourth-order valence-electron chi connectivity index (χ4n) is 2.45. The van der Waals surface area contributed by atoms with Crippen LogP contribution in [-0.4, -0.2) is 12.4 Å². The van der Waals surface area contributed by atoms with Gasteiger partial charge in [0.2, 0.25) is 0 Å². The summed E-state index contributed by atoms with van der Waals surface area (Å²) in [6.45, 7) is 3.09. The maximum atomic E-state index is 5.81. The van der Waals surface area contributed by atoms with Gasteiger partial charge in [0.05, 0.1) is 6.61 Å². The molecule has 0 aliphatic heterocycles. The molecule has 0 radical (unpaired) electrons. The molecule has 0 aromatic heterocycles. The average molecular weight is 429 g/mol. The van der Waals surface area contributed by atoms with Crippen LogP contribution >= 0.6 is 11.8 Å². The van der Waals surface area contributed by atoms with Crippen LogP contribution in [-0.2, 0) is 6.42 Å². The molecular formula is C21H33F5OS. The molecule has 0 spiro atoms. The van der Waals surface area contributed by atoms with Gasteiger partial charge in [-0.05, 0) is 42.7 Å². The van der Waals surface area contributed by atoms with E-state index >= 15 is 0 Å². The van der Waals surface area contributed by atoms with Gasteiger partial charge in [0.15, 0.2) is 0 Å². The van der Waals surface area contributed by atoms with Gasteiger partial charge in [0.25, 0.3) is 0 Å². The van der Waals surface area contributed by atoms with Crippen molar-refractivity contribution in [1.29, 1.82) is 0 Å². The lowest BCUT2D eigenvalue weighted by Crippen LogP contribution is -1.97. The van der Waals surface area contributed by atoms with Crippen molar-refractivity contribution in [3.63, 3.8) is 0 Å². The van der Waals surface area contributed by atoms with Gasteiger partial charge in [-0.1, -0.05) is 62.9 Å². The van der Waals surface area contributed by atoms with Crippen LogP contribution in [0.4, 0.5) is 23.5 Å². The Morgan fingerprint density at radius 2 is 1.32 bits per heavy atom. The van der Waals surface area contributed by atoms with Gasteiger partial charge < -0.3 is 4.74 Å². The summed E-state index contributed by atoms with van der Waals surface area (Å²) in [5, 5.41) is 0. The number of ether oxygens (including phenoxy) is 1. The van der Waals surface area contributed by atoms with Gasteiger partial charge in [-0.25, -0.2) is 0 Å². The van der Waals surface area contributed by atoms with E-state index in [4.69, 9.17) is 4.74 Å². The first-order chi connectivity index (χ1) is 11.4. The molecule has 0 aliphatic carbocycles. The third kappa shape index (κ3) is 14.3. The standard InChI is InChI=1S/C21H28OS.5FH/c1-2-3-4-5-9-17-22-20-14-12-19(13-15-20)16-18-23-21-10-7-6-8-11-21;;;;;/h6-8,10-15H,2-5,9,16-18H2,1H3;5*1H. The molecule has 164 valence electrons. The molecule has 0 amide bonds. The van der Waals surface area contributed by atoms with E-state index in [-0.39, 0.29) is 23.5 Å². The van der Waals surface area contributed by atoms with E-state index in [1.807, 2.05) is 11.8 Å². The highest BCUT2D eigenvalue weighted by Gasteiger charge is 1.98. The summed E-state index contributed by atoms with van der Waals surface area (Å²) in [6, 6.07) is 19.2. The third-order valence-electron chi connectivity index (χ3n) is 3.84. The summed E-state index contributed by atoms with van der Waals surface area (Å²) in [5.41, 5.74) is 1.38. The van der Waals surface area contributed by atoms with Gasteiger partial charge in [-0.15, -0.1) is 11.8 Å². The number of thioether (sulfide) groups is 1. The maximum Gasteiger partial charge on any atom is 0.119 e. The van der Waals surface area contributed by atoms with Crippen molar-refractivity contribution in [3.05, 3.63) is 60.2 Å². The summed E-state index contributed by atoms with van der Waals surface area (Å²) in [4.78, 5) is 1.34. The number of hydrogen-bond donors (Lipinski definition) is 0. The van der Waals surface area contributed by atoms with Crippen LogP contribution in [0.15, 0.2) is 59.5 Å². The molecule has 0 unspecified atom stereocenters. The lowest BCUT2D eigenvalue weighted by molar-refractivity contribution is 0.304. The highest BCUT2D eigenvalue weighted by molar-refractivity contribution is 7.99. The van der Waals surface area contributed by atoms with Crippen LogP contribution in [0.2, 0.25) is 0 Å². The largest absolute Gasteiger partial charge is 0.494 e. The molecule has 0 aliphatic rings. The van der Waals surface area contributed by atoms with Crippen LogP contribution in [0.5, 0.6) is 5.75 Å². The van der Waals surface area contributed by atoms with Crippen LogP contribution in [0.25, 0.3) is 0 Å². The average Bonchev–Trinajstić information content (AvgIpc) is 2.60. The number of benzene rings is 2. The summed E-state index contributed by atoms with van der Waals surface area (Å²) in [7, 11) is 0. The van der Waals surface area contributed by atoms with Crippen LogP contribution in [0, 0.1) is 0 Å². The SMILES string of the molecule is CCCCCCCOc1ccc(CCSc2ccccc2)cc1.F.F.F.F.F. The van der Waals surface area contributed by atoms with Gasteiger partial charge >= 0.3 is 0 Å². The predicted molar refractivity (Wildman–Crippen MR) is 114 cm³/mol. The predicted octanol–water partition coefficient (Wildman–Crippen LogP) is 7.13. The molecule has 0 atom stereocenters. The van der Waals surface area contributed by atoms with Crippen molar-refractivity contribution >= 4 is 11.8 Å². The van der Waals surface area contributed by atoms with E-state index in [9.17, 15) is 0 Å². The minimum Gasteiger partial charge on any atom is -0.494 e. The molecular weight excluding hydrogens is 395 g/mol. The van der Waals surface area contributed by atoms with Crippen molar-refractivity contribution < 1.29 is 28.3 Å². The third-order valence-corrected chi connectivity index (χ3v) is 4.86. The summed E-state index contributed by atoms with van der Waals surface area (Å²) >= 11 is 1.91. The summed E-state index contributed by atoms with van der Waals surface area (Å²) in [6.07, 6.45) is 7.51. The van der Waals surface area contributed by atoms with Gasteiger partial charge in [0, 0.05) is 10.6 Å². The van der Waals surface area contributed by atoms with Gasteiger partial charge in [-0.3, -0.25) is 23.5 Å². The molecule has 28 heavy (non-hydrogen) atoms. The molecule has 0 heterocycles. The van der Waals surface area contributed by atoms with Crippen molar-refractivity contribution in [2.45, 2.75) is 50.3 Å². The van der Waals surface area contributed by atoms with Gasteiger partial charge in [-0.2, -0.15) is 0 Å². The molecule has 0 saturated carbocycles. The fourth-order valence-corrected chi connectivity index (χ4v) is 3.37. The summed E-state index contributed by atoms with van der Waals surface area (Å²) < 4.78 is 5.81. The van der Waals surface area contributed by atoms with Crippen molar-refractivity contribution in [2.75, 3.05) is 12.4 Å². The van der Waals surface area contributed by atoms with E-state index in [2.05, 4.69) is 61.5 Å². The molecule has 0 fully saturated rings. The zero-order valence-corrected chi connectivity index (χ0v) is 17.0. The fraction of sp³-hybridized carbons (Fsp3) is 0.429. The highest BCUT2D eigenvalue weighted by atomic mass is 32.2. The molecule has 2 aromatic rings. The van der Waals surface area contributed by atoms with E-state index in [0.717, 1.165) is 31.0 Å². The number of aryl methyl sites for hydroxylation is 1. The quantitative estimate of drug-likeness (QED) is 0.214. The second-order valence-electron chi connectivity index (χ2n) is 5.82. The van der Waals surface area contributed by atoms with Crippen LogP contribution < -0.4 is 4.74 Å². The smallest absolute Gasteiger partial charge is 0.119 e. The number of rotatable bonds is 11. The maximum absolute atomic E-state index is 5.81. The van der Waals surface area contributed by atoms with E-state index in [1.165, 1.54) is 36.1 Å². The van der Waals surface area contributed by atoms with Crippen LogP contribution in [0.3, 0.4) is 0 Å². The minimum atomic E-state index is 0. The molecule has 0 N–H and O–H groups in total. The molecule has 0 saturated heterocycles. The number of hydrogen-bond acceptors (Lipinski definition) is 2. The van der Waals surface area contributed by atoms with E-state index < -0.39 is 0 Å².